The predicted molar refractivity (Wildman–Crippen MR) is 138 cm³/mol. The fraction of sp³-hybridized carbons (Fsp3) is 0.292. The lowest BCUT2D eigenvalue weighted by Gasteiger charge is -2.13. The van der Waals surface area contributed by atoms with Crippen LogP contribution in [0.5, 0.6) is 5.75 Å². The van der Waals surface area contributed by atoms with Crippen LogP contribution in [0.3, 0.4) is 0 Å². The highest BCUT2D eigenvalue weighted by atomic mass is 35.5. The number of hydrogen-bond donors (Lipinski definition) is 0. The number of carbonyl (C=O) groups is 2. The molecule has 174 valence electrons. The molecule has 33 heavy (non-hydrogen) atoms. The highest BCUT2D eigenvalue weighted by Crippen LogP contribution is 2.33. The molecule has 0 radical (unpaired) electrons. The van der Waals surface area contributed by atoms with Gasteiger partial charge in [-0.15, -0.1) is 0 Å². The number of nitrogens with zero attached hydrogens (tertiary/aromatic N) is 1. The maximum atomic E-state index is 12.7. The fourth-order valence-corrected chi connectivity index (χ4v) is 4.81. The van der Waals surface area contributed by atoms with Gasteiger partial charge in [0.15, 0.2) is 0 Å². The van der Waals surface area contributed by atoms with Crippen LogP contribution in [0.1, 0.15) is 37.3 Å². The maximum Gasteiger partial charge on any atom is 0.305 e. The van der Waals surface area contributed by atoms with E-state index in [0.29, 0.717) is 44.6 Å². The number of hydrogen-bond acceptors (Lipinski definition) is 6. The van der Waals surface area contributed by atoms with Gasteiger partial charge in [-0.05, 0) is 48.7 Å². The predicted octanol–water partition coefficient (Wildman–Crippen LogP) is 6.51. The smallest absolute Gasteiger partial charge is 0.305 e. The molecule has 0 unspecified atom stereocenters. The molecular formula is C24H23Cl2NO4S2. The molecule has 0 spiro atoms. The third-order valence-corrected chi connectivity index (χ3v) is 6.81. The average Bonchev–Trinajstić information content (AvgIpc) is 3.05. The quantitative estimate of drug-likeness (QED) is 0.201. The van der Waals surface area contributed by atoms with Gasteiger partial charge in [0, 0.05) is 28.6 Å². The topological polar surface area (TPSA) is 55.8 Å². The minimum Gasteiger partial charge on any atom is -0.489 e. The van der Waals surface area contributed by atoms with Crippen molar-refractivity contribution < 1.29 is 19.1 Å². The first kappa shape index (κ1) is 25.6. The first-order chi connectivity index (χ1) is 15.9. The lowest BCUT2D eigenvalue weighted by Crippen LogP contribution is -2.29. The molecule has 5 nitrogen and oxygen atoms in total. The molecule has 0 aliphatic carbocycles. The molecule has 1 fully saturated rings. The molecule has 0 bridgehead atoms. The minimum absolute atomic E-state index is 0.152. The summed E-state index contributed by atoms with van der Waals surface area (Å²) in [5.74, 6) is 0.253. The summed E-state index contributed by atoms with van der Waals surface area (Å²) in [5.41, 5.74) is 1.58. The van der Waals surface area contributed by atoms with Crippen LogP contribution >= 0.6 is 47.2 Å². The standard InChI is InChI=1S/C24H23Cl2NO4S2/c1-2-13-30-22(28)7-4-12-27-23(29)21(33-24(27)32)14-16-8-10-17(11-9-16)31-15-18-19(25)5-3-6-20(18)26/h3,5-6,8-11,14H,2,4,7,12-13,15H2,1H3/b21-14-. The Hall–Kier alpha value is -2.06. The zero-order valence-electron chi connectivity index (χ0n) is 18.0. The molecule has 1 aliphatic heterocycles. The van der Waals surface area contributed by atoms with E-state index in [1.807, 2.05) is 31.2 Å². The van der Waals surface area contributed by atoms with Crippen molar-refractivity contribution in [3.8, 4) is 5.75 Å². The second-order valence-corrected chi connectivity index (χ2v) is 9.71. The fourth-order valence-electron chi connectivity index (χ4n) is 3.00. The number of rotatable bonds is 10. The Balaban J connectivity index is 1.55. The van der Waals surface area contributed by atoms with Gasteiger partial charge >= 0.3 is 5.97 Å². The third kappa shape index (κ3) is 7.21. The second kappa shape index (κ2) is 12.4. The van der Waals surface area contributed by atoms with E-state index >= 15 is 0 Å². The lowest BCUT2D eigenvalue weighted by atomic mass is 10.2. The van der Waals surface area contributed by atoms with Crippen LogP contribution in [0.15, 0.2) is 47.4 Å². The monoisotopic (exact) mass is 523 g/mol. The molecule has 1 amide bonds. The van der Waals surface area contributed by atoms with E-state index in [-0.39, 0.29) is 24.9 Å². The molecule has 0 atom stereocenters. The van der Waals surface area contributed by atoms with Crippen molar-refractivity contribution in [2.24, 2.45) is 0 Å². The van der Waals surface area contributed by atoms with Crippen molar-refractivity contribution in [2.75, 3.05) is 13.2 Å². The van der Waals surface area contributed by atoms with Crippen LogP contribution in [0.2, 0.25) is 10.0 Å². The number of halogens is 2. The summed E-state index contributed by atoms with van der Waals surface area (Å²) in [6.07, 6.45) is 3.35. The van der Waals surface area contributed by atoms with Crippen molar-refractivity contribution in [3.63, 3.8) is 0 Å². The number of thioether (sulfide) groups is 1. The van der Waals surface area contributed by atoms with Gasteiger partial charge in [0.1, 0.15) is 16.7 Å². The number of esters is 1. The van der Waals surface area contributed by atoms with Gasteiger partial charge in [-0.3, -0.25) is 14.5 Å². The van der Waals surface area contributed by atoms with E-state index < -0.39 is 0 Å². The van der Waals surface area contributed by atoms with E-state index in [9.17, 15) is 9.59 Å². The van der Waals surface area contributed by atoms with Crippen molar-refractivity contribution in [1.82, 2.24) is 4.90 Å². The molecular weight excluding hydrogens is 501 g/mol. The summed E-state index contributed by atoms with van der Waals surface area (Å²) in [7, 11) is 0. The average molecular weight is 524 g/mol. The van der Waals surface area contributed by atoms with E-state index in [0.717, 1.165) is 17.5 Å². The lowest BCUT2D eigenvalue weighted by molar-refractivity contribution is -0.144. The number of amides is 1. The van der Waals surface area contributed by atoms with Crippen LogP contribution in [0.4, 0.5) is 0 Å². The molecule has 0 saturated carbocycles. The Labute approximate surface area is 213 Å². The van der Waals surface area contributed by atoms with Crippen LogP contribution < -0.4 is 4.74 Å². The SMILES string of the molecule is CCCOC(=O)CCCN1C(=O)/C(=C/c2ccc(OCc3c(Cl)cccc3Cl)cc2)SC1=S. The zero-order valence-corrected chi connectivity index (χ0v) is 21.2. The Kier molecular flexibility index (Phi) is 9.62. The molecule has 0 N–H and O–H groups in total. The maximum absolute atomic E-state index is 12.7. The highest BCUT2D eigenvalue weighted by Gasteiger charge is 2.31. The molecule has 2 aromatic rings. The van der Waals surface area contributed by atoms with Crippen LogP contribution in [0.25, 0.3) is 6.08 Å². The molecule has 9 heteroatoms. The number of benzene rings is 2. The first-order valence-electron chi connectivity index (χ1n) is 10.5. The molecule has 3 rings (SSSR count). The number of carbonyl (C=O) groups excluding carboxylic acids is 2. The van der Waals surface area contributed by atoms with Gasteiger partial charge in [-0.1, -0.05) is 72.3 Å². The van der Waals surface area contributed by atoms with Gasteiger partial charge in [-0.25, -0.2) is 0 Å². The normalized spacial score (nSPS) is 14.8. The minimum atomic E-state index is -0.253. The van der Waals surface area contributed by atoms with E-state index in [1.165, 1.54) is 16.7 Å². The van der Waals surface area contributed by atoms with Crippen molar-refractivity contribution in [2.45, 2.75) is 32.8 Å². The Morgan fingerprint density at radius 1 is 1.15 bits per heavy atom. The summed E-state index contributed by atoms with van der Waals surface area (Å²) < 4.78 is 11.3. The number of ether oxygens (including phenoxy) is 2. The molecule has 1 heterocycles. The first-order valence-corrected chi connectivity index (χ1v) is 12.4. The van der Waals surface area contributed by atoms with Crippen molar-refractivity contribution in [1.29, 1.82) is 0 Å². The van der Waals surface area contributed by atoms with E-state index in [4.69, 9.17) is 44.9 Å². The van der Waals surface area contributed by atoms with Crippen LogP contribution in [0, 0.1) is 0 Å². The summed E-state index contributed by atoms with van der Waals surface area (Å²) >= 11 is 19.0. The summed E-state index contributed by atoms with van der Waals surface area (Å²) in [5, 5.41) is 1.11. The molecule has 1 saturated heterocycles. The van der Waals surface area contributed by atoms with Crippen molar-refractivity contribution in [3.05, 3.63) is 68.5 Å². The molecule has 1 aliphatic rings. The second-order valence-electron chi connectivity index (χ2n) is 7.22. The van der Waals surface area contributed by atoms with Gasteiger partial charge in [0.05, 0.1) is 11.5 Å². The molecule has 2 aromatic carbocycles. The van der Waals surface area contributed by atoms with Gasteiger partial charge in [0.2, 0.25) is 0 Å². The largest absolute Gasteiger partial charge is 0.489 e. The molecule has 0 aromatic heterocycles. The Bertz CT molecular complexity index is 1040. The van der Waals surface area contributed by atoms with Gasteiger partial charge in [0.25, 0.3) is 5.91 Å². The van der Waals surface area contributed by atoms with Crippen LogP contribution in [-0.4, -0.2) is 34.2 Å². The highest BCUT2D eigenvalue weighted by molar-refractivity contribution is 8.26. The summed E-state index contributed by atoms with van der Waals surface area (Å²) in [4.78, 5) is 26.5. The zero-order chi connectivity index (χ0) is 23.8. The Morgan fingerprint density at radius 2 is 1.85 bits per heavy atom. The van der Waals surface area contributed by atoms with Crippen molar-refractivity contribution >= 4 is 69.5 Å². The van der Waals surface area contributed by atoms with Crippen LogP contribution in [-0.2, 0) is 20.9 Å². The summed E-state index contributed by atoms with van der Waals surface area (Å²) in [6, 6.07) is 12.7. The third-order valence-electron chi connectivity index (χ3n) is 4.73. The van der Waals surface area contributed by atoms with E-state index in [2.05, 4.69) is 0 Å². The summed E-state index contributed by atoms with van der Waals surface area (Å²) in [6.45, 7) is 3.00. The number of thiocarbonyl (C=S) groups is 1. The van der Waals surface area contributed by atoms with Gasteiger partial charge in [-0.2, -0.15) is 0 Å². The van der Waals surface area contributed by atoms with E-state index in [1.54, 1.807) is 24.3 Å². The Morgan fingerprint density at radius 3 is 2.52 bits per heavy atom. The van der Waals surface area contributed by atoms with Gasteiger partial charge < -0.3 is 9.47 Å².